The van der Waals surface area contributed by atoms with E-state index in [2.05, 4.69) is 105 Å². The van der Waals surface area contributed by atoms with Gasteiger partial charge in [0, 0.05) is 12.2 Å². The molecular formula is C37H57N. The van der Waals surface area contributed by atoms with Crippen LogP contribution in [0.3, 0.4) is 0 Å². The Bertz CT molecular complexity index is 996. The highest BCUT2D eigenvalue weighted by Gasteiger charge is 2.17. The first-order valence-electron chi connectivity index (χ1n) is 14.5. The fraction of sp³-hybridized carbons (Fsp3) is 0.514. The molecule has 0 aromatic carbocycles. The third kappa shape index (κ3) is 13.2. The van der Waals surface area contributed by atoms with Crippen LogP contribution in [0.15, 0.2) is 94.3 Å². The fourth-order valence-corrected chi connectivity index (χ4v) is 4.90. The Hall–Kier alpha value is -2.72. The van der Waals surface area contributed by atoms with Gasteiger partial charge in [-0.25, -0.2) is 0 Å². The molecule has 0 amide bonds. The van der Waals surface area contributed by atoms with Gasteiger partial charge in [-0.15, -0.1) is 6.42 Å². The number of nitrogens with one attached hydrogen (secondary N) is 1. The molecule has 0 radical (unpaired) electrons. The van der Waals surface area contributed by atoms with Gasteiger partial charge in [0.25, 0.3) is 0 Å². The van der Waals surface area contributed by atoms with Gasteiger partial charge in [0.1, 0.15) is 0 Å². The summed E-state index contributed by atoms with van der Waals surface area (Å²) < 4.78 is 0. The van der Waals surface area contributed by atoms with Gasteiger partial charge in [0.05, 0.1) is 0 Å². The van der Waals surface area contributed by atoms with Crippen molar-refractivity contribution >= 4 is 0 Å². The van der Waals surface area contributed by atoms with Gasteiger partial charge < -0.3 is 5.32 Å². The van der Waals surface area contributed by atoms with Crippen molar-refractivity contribution in [3.05, 3.63) is 94.3 Å². The lowest BCUT2D eigenvalue weighted by atomic mass is 9.84. The highest BCUT2D eigenvalue weighted by molar-refractivity contribution is 5.57. The molecule has 0 fully saturated rings. The highest BCUT2D eigenvalue weighted by atomic mass is 14.9. The molecule has 0 bridgehead atoms. The summed E-state index contributed by atoms with van der Waals surface area (Å²) in [5.41, 5.74) is 10.5. The number of hydrogen-bond acceptors (Lipinski definition) is 1. The number of allylic oxidation sites excluding steroid dienone is 13. The van der Waals surface area contributed by atoms with Crippen LogP contribution in [-0.4, -0.2) is 6.54 Å². The summed E-state index contributed by atoms with van der Waals surface area (Å²) in [5, 5.41) is 3.55. The monoisotopic (exact) mass is 515 g/mol. The van der Waals surface area contributed by atoms with E-state index in [1.165, 1.54) is 53.7 Å². The summed E-state index contributed by atoms with van der Waals surface area (Å²) in [7, 11) is 0. The van der Waals surface area contributed by atoms with Gasteiger partial charge in [-0.05, 0) is 133 Å². The molecule has 0 aliphatic heterocycles. The lowest BCUT2D eigenvalue weighted by Crippen LogP contribution is -2.14. The first-order chi connectivity index (χ1) is 17.9. The smallest absolute Gasteiger partial charge is 0.0154 e. The molecule has 0 rings (SSSR count). The van der Waals surface area contributed by atoms with E-state index in [1.807, 2.05) is 13.0 Å². The maximum atomic E-state index is 5.61. The second kappa shape index (κ2) is 19.4. The van der Waals surface area contributed by atoms with Crippen LogP contribution in [0.1, 0.15) is 107 Å². The van der Waals surface area contributed by atoms with Crippen LogP contribution in [0.2, 0.25) is 0 Å². The van der Waals surface area contributed by atoms with Crippen LogP contribution in [-0.2, 0) is 0 Å². The Morgan fingerprint density at radius 1 is 0.921 bits per heavy atom. The summed E-state index contributed by atoms with van der Waals surface area (Å²) >= 11 is 0. The lowest BCUT2D eigenvalue weighted by molar-refractivity contribution is 0.407. The molecular weight excluding hydrogens is 458 g/mol. The van der Waals surface area contributed by atoms with Crippen molar-refractivity contribution in [1.82, 2.24) is 5.32 Å². The molecule has 0 heterocycles. The SMILES string of the molecule is C#C/C(C)=C/C=C(C(=C)C)/C(C)=C(CCCC(C/C=C\C)CCCC(C)C(=C)C)/C(C(=C)C)=C(\C)NCC. The Kier molecular flexibility index (Phi) is 18.0. The van der Waals surface area contributed by atoms with Crippen molar-refractivity contribution in [1.29, 1.82) is 0 Å². The molecule has 0 saturated carbocycles. The van der Waals surface area contributed by atoms with Crippen LogP contribution >= 0.6 is 0 Å². The molecule has 0 aromatic heterocycles. The van der Waals surface area contributed by atoms with Crippen molar-refractivity contribution < 1.29 is 0 Å². The standard InChI is InChI=1S/C37H57N/c1-14-17-21-34(22-18-20-31(11)27(4)5)23-19-24-36(37(29(8)9)33(13)38-16-3)32(12)35(28(6)7)26-25-30(10)15-2/h2,14,17,25-26,31,34,38H,4,6,8,16,18-24H2,1,3,5,7,9-13H3/b17-14-,30-25+,35-26+,36-32+,37-33+. The van der Waals surface area contributed by atoms with Gasteiger partial charge in [0.2, 0.25) is 0 Å². The zero-order valence-corrected chi connectivity index (χ0v) is 26.3. The predicted molar refractivity (Wildman–Crippen MR) is 174 cm³/mol. The van der Waals surface area contributed by atoms with Gasteiger partial charge in [0.15, 0.2) is 0 Å². The third-order valence-corrected chi connectivity index (χ3v) is 7.42. The molecule has 210 valence electrons. The van der Waals surface area contributed by atoms with Crippen LogP contribution in [0.5, 0.6) is 0 Å². The average molecular weight is 516 g/mol. The van der Waals surface area contributed by atoms with Gasteiger partial charge in [-0.2, -0.15) is 0 Å². The van der Waals surface area contributed by atoms with Crippen molar-refractivity contribution in [2.24, 2.45) is 11.8 Å². The maximum absolute atomic E-state index is 5.61. The number of terminal acetylenes is 1. The quantitative estimate of drug-likeness (QED) is 0.109. The third-order valence-electron chi connectivity index (χ3n) is 7.42. The molecule has 1 heteroatoms. The molecule has 0 aliphatic rings. The van der Waals surface area contributed by atoms with E-state index in [9.17, 15) is 0 Å². The van der Waals surface area contributed by atoms with E-state index in [0.29, 0.717) is 11.8 Å². The molecule has 2 unspecified atom stereocenters. The van der Waals surface area contributed by atoms with E-state index < -0.39 is 0 Å². The van der Waals surface area contributed by atoms with E-state index in [1.54, 1.807) is 0 Å². The minimum atomic E-state index is 0.603. The molecule has 0 spiro atoms. The van der Waals surface area contributed by atoms with Crippen molar-refractivity contribution in [2.75, 3.05) is 6.54 Å². The Morgan fingerprint density at radius 2 is 1.55 bits per heavy atom. The molecule has 1 N–H and O–H groups in total. The zero-order chi connectivity index (χ0) is 29.3. The summed E-state index contributed by atoms with van der Waals surface area (Å²) in [4.78, 5) is 0. The fourth-order valence-electron chi connectivity index (χ4n) is 4.90. The minimum Gasteiger partial charge on any atom is -0.388 e. The van der Waals surface area contributed by atoms with Crippen molar-refractivity contribution in [2.45, 2.75) is 107 Å². The van der Waals surface area contributed by atoms with Crippen molar-refractivity contribution in [3.8, 4) is 12.3 Å². The molecule has 1 nitrogen and oxygen atoms in total. The van der Waals surface area contributed by atoms with Crippen LogP contribution in [0.25, 0.3) is 0 Å². The van der Waals surface area contributed by atoms with Gasteiger partial charge in [-0.1, -0.05) is 80.9 Å². The first-order valence-corrected chi connectivity index (χ1v) is 14.5. The normalized spacial score (nSPS) is 15.4. The minimum absolute atomic E-state index is 0.603. The van der Waals surface area contributed by atoms with Gasteiger partial charge in [-0.3, -0.25) is 0 Å². The Balaban J connectivity index is 6.28. The Morgan fingerprint density at radius 3 is 2.05 bits per heavy atom. The second-order valence-electron chi connectivity index (χ2n) is 11.0. The lowest BCUT2D eigenvalue weighted by Gasteiger charge is -2.23. The summed E-state index contributed by atoms with van der Waals surface area (Å²) in [6, 6.07) is 0. The number of hydrogen-bond donors (Lipinski definition) is 1. The summed E-state index contributed by atoms with van der Waals surface area (Å²) in [6.45, 7) is 33.0. The van der Waals surface area contributed by atoms with E-state index in [0.717, 1.165) is 48.1 Å². The van der Waals surface area contributed by atoms with E-state index in [-0.39, 0.29) is 0 Å². The average Bonchev–Trinajstić information content (AvgIpc) is 2.85. The first kappa shape index (κ1) is 35.3. The topological polar surface area (TPSA) is 12.0 Å². The molecule has 0 aromatic rings. The van der Waals surface area contributed by atoms with Gasteiger partial charge >= 0.3 is 0 Å². The molecule has 38 heavy (non-hydrogen) atoms. The maximum Gasteiger partial charge on any atom is 0.0154 e. The van der Waals surface area contributed by atoms with Crippen LogP contribution in [0.4, 0.5) is 0 Å². The highest BCUT2D eigenvalue weighted by Crippen LogP contribution is 2.34. The van der Waals surface area contributed by atoms with Crippen molar-refractivity contribution in [3.63, 3.8) is 0 Å². The molecule has 2 atom stereocenters. The van der Waals surface area contributed by atoms with E-state index in [4.69, 9.17) is 6.42 Å². The van der Waals surface area contributed by atoms with E-state index >= 15 is 0 Å². The van der Waals surface area contributed by atoms with Crippen LogP contribution < -0.4 is 5.32 Å². The predicted octanol–water partition coefficient (Wildman–Crippen LogP) is 11.0. The zero-order valence-electron chi connectivity index (χ0n) is 26.3. The second-order valence-corrected chi connectivity index (χ2v) is 11.0. The largest absolute Gasteiger partial charge is 0.388 e. The molecule has 0 saturated heterocycles. The summed E-state index contributed by atoms with van der Waals surface area (Å²) in [5.74, 6) is 4.03. The Labute approximate surface area is 237 Å². The summed E-state index contributed by atoms with van der Waals surface area (Å²) in [6.07, 6.45) is 22.6. The molecule has 0 aliphatic carbocycles. The number of rotatable bonds is 18. The van der Waals surface area contributed by atoms with Crippen LogP contribution in [0, 0.1) is 24.2 Å².